The van der Waals surface area contributed by atoms with Crippen molar-refractivity contribution in [2.75, 3.05) is 0 Å². The standard InChI is InChI=1S/C41H58N2O6/c1-24(2)32-27(44)22-41(43-34(46)26-12-10-11-21-42-26)20-19-39(8)25(33(32)41)13-14-29-38(7)17-16-30(49-31(45)23-36(3,4)35(47)48)37(5,6)28(38)15-18-40(29,39)9/h10-12,21,24,28-30,32H,13-20,22-23H2,1-9H3,(H,43,46)(H,47,48)/t28-,29+,30-,32?,38-,39+,40+,41+/m0/s1. The van der Waals surface area contributed by atoms with Crippen LogP contribution >= 0.6 is 0 Å². The highest BCUT2D eigenvalue weighted by molar-refractivity contribution is 5.97. The zero-order chi connectivity index (χ0) is 35.9. The number of Topliss-reactive ketones (excluding diaryl/α,β-unsaturated/α-hetero) is 1. The van der Waals surface area contributed by atoms with E-state index in [1.807, 2.05) is 6.07 Å². The number of esters is 1. The first kappa shape index (κ1) is 35.8. The van der Waals surface area contributed by atoms with E-state index in [0.29, 0.717) is 24.0 Å². The first-order valence-electron chi connectivity index (χ1n) is 18.7. The Morgan fingerprint density at radius 3 is 2.35 bits per heavy atom. The summed E-state index contributed by atoms with van der Waals surface area (Å²) in [6.07, 6.45) is 9.02. The van der Waals surface area contributed by atoms with Crippen LogP contribution in [0.5, 0.6) is 0 Å². The van der Waals surface area contributed by atoms with E-state index in [1.54, 1.807) is 32.2 Å². The Kier molecular flexibility index (Phi) is 8.59. The molecule has 5 aliphatic carbocycles. The van der Waals surface area contributed by atoms with Crippen molar-refractivity contribution in [2.24, 2.45) is 50.7 Å². The number of hydrogen-bond donors (Lipinski definition) is 2. The van der Waals surface area contributed by atoms with Crippen LogP contribution in [0.15, 0.2) is 35.5 Å². The molecule has 4 fully saturated rings. The number of pyridine rings is 1. The minimum Gasteiger partial charge on any atom is -0.481 e. The lowest BCUT2D eigenvalue weighted by Gasteiger charge is -2.70. The number of ketones is 1. The average molecular weight is 675 g/mol. The van der Waals surface area contributed by atoms with E-state index in [2.05, 4.69) is 58.8 Å². The lowest BCUT2D eigenvalue weighted by molar-refractivity contribution is -0.214. The van der Waals surface area contributed by atoms with E-state index in [1.165, 1.54) is 11.1 Å². The molecule has 0 bridgehead atoms. The van der Waals surface area contributed by atoms with E-state index in [0.717, 1.165) is 51.4 Å². The topological polar surface area (TPSA) is 123 Å². The number of aliphatic carboxylic acids is 1. The van der Waals surface area contributed by atoms with Crippen molar-refractivity contribution in [2.45, 2.75) is 138 Å². The highest BCUT2D eigenvalue weighted by Crippen LogP contribution is 2.75. The predicted molar refractivity (Wildman–Crippen MR) is 187 cm³/mol. The summed E-state index contributed by atoms with van der Waals surface area (Å²) in [5.41, 5.74) is 0.869. The number of carboxylic acids is 1. The maximum absolute atomic E-state index is 13.9. The van der Waals surface area contributed by atoms with Gasteiger partial charge in [0.15, 0.2) is 0 Å². The van der Waals surface area contributed by atoms with Gasteiger partial charge in [-0.1, -0.05) is 60.1 Å². The Bertz CT molecular complexity index is 1580. The Morgan fingerprint density at radius 2 is 1.71 bits per heavy atom. The first-order valence-corrected chi connectivity index (χ1v) is 18.7. The van der Waals surface area contributed by atoms with Crippen molar-refractivity contribution < 1.29 is 29.0 Å². The van der Waals surface area contributed by atoms with Crippen LogP contribution in [-0.2, 0) is 19.1 Å². The van der Waals surface area contributed by atoms with Crippen molar-refractivity contribution in [1.82, 2.24) is 10.3 Å². The fraction of sp³-hybridized carbons (Fsp3) is 0.732. The van der Waals surface area contributed by atoms with E-state index in [4.69, 9.17) is 4.74 Å². The Balaban J connectivity index is 1.33. The average Bonchev–Trinajstić information content (AvgIpc) is 3.30. The van der Waals surface area contributed by atoms with Gasteiger partial charge >= 0.3 is 11.9 Å². The van der Waals surface area contributed by atoms with Crippen molar-refractivity contribution in [3.63, 3.8) is 0 Å². The lowest BCUT2D eigenvalue weighted by Crippen LogP contribution is -2.65. The third-order valence-corrected chi connectivity index (χ3v) is 15.0. The van der Waals surface area contributed by atoms with Crippen LogP contribution in [0.2, 0.25) is 0 Å². The number of aromatic nitrogens is 1. The number of carboxylic acid groups (broad SMARTS) is 1. The van der Waals surface area contributed by atoms with Crippen LogP contribution in [0.25, 0.3) is 0 Å². The lowest BCUT2D eigenvalue weighted by atomic mass is 9.34. The van der Waals surface area contributed by atoms with Crippen LogP contribution < -0.4 is 5.32 Å². The highest BCUT2D eigenvalue weighted by atomic mass is 16.5. The maximum atomic E-state index is 13.9. The Morgan fingerprint density at radius 1 is 1.00 bits per heavy atom. The smallest absolute Gasteiger partial charge is 0.309 e. The van der Waals surface area contributed by atoms with Gasteiger partial charge in [0.1, 0.15) is 17.6 Å². The molecule has 5 aliphatic rings. The second-order valence-electron chi connectivity index (χ2n) is 18.7. The van der Waals surface area contributed by atoms with Gasteiger partial charge in [-0.05, 0) is 117 Å². The van der Waals surface area contributed by atoms with Gasteiger partial charge in [-0.2, -0.15) is 0 Å². The zero-order valence-corrected chi connectivity index (χ0v) is 31.2. The number of fused-ring (bicyclic) bond motifs is 6. The monoisotopic (exact) mass is 674 g/mol. The van der Waals surface area contributed by atoms with Crippen LogP contribution in [0, 0.1) is 50.7 Å². The third kappa shape index (κ3) is 5.32. The summed E-state index contributed by atoms with van der Waals surface area (Å²) >= 11 is 0. The summed E-state index contributed by atoms with van der Waals surface area (Å²) in [6.45, 7) is 19.4. The molecule has 8 nitrogen and oxygen atoms in total. The van der Waals surface area contributed by atoms with Crippen LogP contribution in [0.1, 0.15) is 137 Å². The molecular formula is C41H58N2O6. The minimum atomic E-state index is -1.17. The molecule has 0 aliphatic heterocycles. The number of hydrogen-bond acceptors (Lipinski definition) is 6. The summed E-state index contributed by atoms with van der Waals surface area (Å²) < 4.78 is 6.14. The SMILES string of the molecule is CC(C)C1C(=O)C[C@]2(NC(=O)c3ccccn3)CC[C@]3(C)C(=C12)CC[C@@H]1[C@@]2(C)CC[C@H](OC(=O)CC(C)(C)C(=O)O)C(C)(C)[C@@H]2CC[C@]13C. The third-order valence-electron chi connectivity index (χ3n) is 15.0. The summed E-state index contributed by atoms with van der Waals surface area (Å²) in [5, 5.41) is 13.0. The summed E-state index contributed by atoms with van der Waals surface area (Å²) in [7, 11) is 0. The highest BCUT2D eigenvalue weighted by Gasteiger charge is 2.69. The molecule has 2 N–H and O–H groups in total. The van der Waals surface area contributed by atoms with Crippen LogP contribution in [0.4, 0.5) is 0 Å². The number of allylic oxidation sites excluding steroid dienone is 1. The second-order valence-corrected chi connectivity index (χ2v) is 18.7. The number of rotatable bonds is 7. The molecule has 0 aromatic carbocycles. The van der Waals surface area contributed by atoms with Gasteiger partial charge in [0.2, 0.25) is 0 Å². The Hall–Kier alpha value is -3.03. The number of carbonyl (C=O) groups excluding carboxylic acids is 3. The molecular weight excluding hydrogens is 616 g/mol. The van der Waals surface area contributed by atoms with Crippen molar-refractivity contribution in [1.29, 1.82) is 0 Å². The van der Waals surface area contributed by atoms with Crippen molar-refractivity contribution in [3.05, 3.63) is 41.2 Å². The molecule has 268 valence electrons. The number of nitrogens with zero attached hydrogens (tertiary/aromatic N) is 1. The van der Waals surface area contributed by atoms with Crippen molar-refractivity contribution >= 4 is 23.6 Å². The molecule has 4 saturated carbocycles. The van der Waals surface area contributed by atoms with E-state index in [-0.39, 0.29) is 57.7 Å². The van der Waals surface area contributed by atoms with E-state index in [9.17, 15) is 24.3 Å². The molecule has 8 atom stereocenters. The molecule has 6 rings (SSSR count). The molecule has 1 unspecified atom stereocenters. The summed E-state index contributed by atoms with van der Waals surface area (Å²) in [4.78, 5) is 56.6. The van der Waals surface area contributed by atoms with Crippen LogP contribution in [0.3, 0.4) is 0 Å². The maximum Gasteiger partial charge on any atom is 0.309 e. The van der Waals surface area contributed by atoms with E-state index >= 15 is 0 Å². The molecule has 1 heterocycles. The van der Waals surface area contributed by atoms with Gasteiger partial charge in [0.05, 0.1) is 17.4 Å². The quantitative estimate of drug-likeness (QED) is 0.222. The Labute approximate surface area is 292 Å². The molecule has 0 radical (unpaired) electrons. The second kappa shape index (κ2) is 11.8. The number of amides is 1. The van der Waals surface area contributed by atoms with Gasteiger partial charge in [-0.15, -0.1) is 0 Å². The van der Waals surface area contributed by atoms with E-state index < -0.39 is 22.9 Å². The number of carbonyl (C=O) groups is 4. The molecule has 0 spiro atoms. The predicted octanol–water partition coefficient (Wildman–Crippen LogP) is 7.96. The zero-order valence-electron chi connectivity index (χ0n) is 31.2. The number of nitrogens with one attached hydrogen (secondary N) is 1. The minimum absolute atomic E-state index is 0.00819. The fourth-order valence-corrected chi connectivity index (χ4v) is 12.2. The first-order chi connectivity index (χ1) is 22.7. The van der Waals surface area contributed by atoms with Gasteiger partial charge in [0, 0.05) is 24.0 Å². The van der Waals surface area contributed by atoms with Gasteiger partial charge in [0.25, 0.3) is 5.91 Å². The molecule has 1 aromatic rings. The molecule has 49 heavy (non-hydrogen) atoms. The van der Waals surface area contributed by atoms with Gasteiger partial charge in [-0.3, -0.25) is 24.2 Å². The molecule has 1 amide bonds. The molecule has 0 saturated heterocycles. The summed E-state index contributed by atoms with van der Waals surface area (Å²) in [6, 6.07) is 5.37. The fourth-order valence-electron chi connectivity index (χ4n) is 12.2. The number of ether oxygens (including phenoxy) is 1. The molecule has 8 heteroatoms. The largest absolute Gasteiger partial charge is 0.481 e. The van der Waals surface area contributed by atoms with Crippen LogP contribution in [-0.4, -0.2) is 45.4 Å². The normalized spacial score (nSPS) is 38.2. The van der Waals surface area contributed by atoms with Gasteiger partial charge in [-0.25, -0.2) is 0 Å². The molecule has 1 aromatic heterocycles. The summed E-state index contributed by atoms with van der Waals surface area (Å²) in [5.74, 6) is -0.630. The van der Waals surface area contributed by atoms with Gasteiger partial charge < -0.3 is 15.2 Å². The van der Waals surface area contributed by atoms with Crippen molar-refractivity contribution in [3.8, 4) is 0 Å².